The zero-order valence-corrected chi connectivity index (χ0v) is 8.27. The molecule has 1 aromatic carbocycles. The Morgan fingerprint density at radius 2 is 2.13 bits per heavy atom. The molecule has 2 aromatic rings. The second kappa shape index (κ2) is 3.56. The van der Waals surface area contributed by atoms with Crippen molar-refractivity contribution in [2.24, 2.45) is 0 Å². The smallest absolute Gasteiger partial charge is 0.221 e. The Hall–Kier alpha value is -2.11. The minimum Gasteiger partial charge on any atom is -0.494 e. The predicted octanol–water partition coefficient (Wildman–Crippen LogP) is 1.19. The third kappa shape index (κ3) is 1.61. The highest BCUT2D eigenvalue weighted by Crippen LogP contribution is 2.28. The first-order valence-electron chi connectivity index (χ1n) is 4.29. The molecule has 0 spiro atoms. The van der Waals surface area contributed by atoms with Crippen LogP contribution in [0, 0.1) is 0 Å². The van der Waals surface area contributed by atoms with Crippen LogP contribution in [-0.4, -0.2) is 23.3 Å². The maximum absolute atomic E-state index is 10.9. The molecule has 78 valence electrons. The third-order valence-corrected chi connectivity index (χ3v) is 1.91. The van der Waals surface area contributed by atoms with Crippen LogP contribution in [0.1, 0.15) is 6.92 Å². The van der Waals surface area contributed by atoms with Gasteiger partial charge in [0.1, 0.15) is 0 Å². The quantitative estimate of drug-likeness (QED) is 0.800. The SMILES string of the molecule is COc1ccc(NC(C)=O)c2nonc12. The van der Waals surface area contributed by atoms with Gasteiger partial charge in [-0.05, 0) is 22.4 Å². The monoisotopic (exact) mass is 207 g/mol. The molecule has 1 N–H and O–H groups in total. The van der Waals surface area contributed by atoms with Crippen LogP contribution in [0.3, 0.4) is 0 Å². The van der Waals surface area contributed by atoms with E-state index >= 15 is 0 Å². The lowest BCUT2D eigenvalue weighted by Crippen LogP contribution is -2.06. The van der Waals surface area contributed by atoms with Crippen LogP contribution < -0.4 is 10.1 Å². The number of benzene rings is 1. The van der Waals surface area contributed by atoms with Crippen molar-refractivity contribution in [3.8, 4) is 5.75 Å². The van der Waals surface area contributed by atoms with Crippen molar-refractivity contribution in [2.45, 2.75) is 6.92 Å². The fourth-order valence-corrected chi connectivity index (χ4v) is 1.30. The number of hydrogen-bond acceptors (Lipinski definition) is 5. The molecule has 1 heterocycles. The molecule has 6 heteroatoms. The number of nitrogens with zero attached hydrogens (tertiary/aromatic N) is 2. The zero-order chi connectivity index (χ0) is 10.8. The van der Waals surface area contributed by atoms with E-state index in [0.29, 0.717) is 22.5 Å². The Morgan fingerprint density at radius 1 is 1.40 bits per heavy atom. The molecule has 1 aromatic heterocycles. The molecule has 0 radical (unpaired) electrons. The predicted molar refractivity (Wildman–Crippen MR) is 52.7 cm³/mol. The molecule has 0 aliphatic carbocycles. The number of carbonyl (C=O) groups excluding carboxylic acids is 1. The van der Waals surface area contributed by atoms with E-state index in [-0.39, 0.29) is 5.91 Å². The van der Waals surface area contributed by atoms with Gasteiger partial charge < -0.3 is 10.1 Å². The van der Waals surface area contributed by atoms with Crippen LogP contribution in [0.15, 0.2) is 16.8 Å². The molecule has 6 nitrogen and oxygen atoms in total. The van der Waals surface area contributed by atoms with Gasteiger partial charge >= 0.3 is 0 Å². The van der Waals surface area contributed by atoms with Crippen LogP contribution in [0.25, 0.3) is 11.0 Å². The van der Waals surface area contributed by atoms with Gasteiger partial charge in [0, 0.05) is 6.92 Å². The largest absolute Gasteiger partial charge is 0.494 e. The molecule has 1 amide bonds. The van der Waals surface area contributed by atoms with E-state index in [4.69, 9.17) is 4.74 Å². The van der Waals surface area contributed by atoms with Crippen molar-refractivity contribution in [3.63, 3.8) is 0 Å². The Balaban J connectivity index is 2.58. The van der Waals surface area contributed by atoms with Gasteiger partial charge in [0.05, 0.1) is 12.8 Å². The van der Waals surface area contributed by atoms with Crippen molar-refractivity contribution in [1.29, 1.82) is 0 Å². The van der Waals surface area contributed by atoms with Crippen LogP contribution in [-0.2, 0) is 4.79 Å². The van der Waals surface area contributed by atoms with Crippen molar-refractivity contribution >= 4 is 22.6 Å². The molecule has 0 fully saturated rings. The standard InChI is InChI=1S/C9H9N3O3/c1-5(13)10-6-3-4-7(14-2)9-8(6)11-15-12-9/h3-4H,1-2H3,(H,10,13). The minimum absolute atomic E-state index is 0.176. The van der Waals surface area contributed by atoms with Crippen molar-refractivity contribution < 1.29 is 14.2 Å². The van der Waals surface area contributed by atoms with Gasteiger partial charge in [0.25, 0.3) is 0 Å². The first-order valence-corrected chi connectivity index (χ1v) is 4.29. The minimum atomic E-state index is -0.176. The number of aromatic nitrogens is 2. The molecule has 0 aliphatic rings. The van der Waals surface area contributed by atoms with Crippen molar-refractivity contribution in [2.75, 3.05) is 12.4 Å². The number of carbonyl (C=O) groups is 1. The van der Waals surface area contributed by atoms with Crippen LogP contribution in [0.5, 0.6) is 5.75 Å². The summed E-state index contributed by atoms with van der Waals surface area (Å²) in [5.74, 6) is 0.379. The highest BCUT2D eigenvalue weighted by molar-refractivity contribution is 5.99. The maximum atomic E-state index is 10.9. The molecule has 0 saturated heterocycles. The molecule has 0 atom stereocenters. The van der Waals surface area contributed by atoms with Crippen LogP contribution in [0.2, 0.25) is 0 Å². The lowest BCUT2D eigenvalue weighted by atomic mass is 10.2. The molecule has 0 unspecified atom stereocenters. The van der Waals surface area contributed by atoms with E-state index in [1.807, 2.05) is 0 Å². The van der Waals surface area contributed by atoms with Gasteiger partial charge in [-0.2, -0.15) is 0 Å². The van der Waals surface area contributed by atoms with Crippen LogP contribution >= 0.6 is 0 Å². The highest BCUT2D eigenvalue weighted by atomic mass is 16.6. The summed E-state index contributed by atoms with van der Waals surface area (Å²) in [7, 11) is 1.53. The van der Waals surface area contributed by atoms with Gasteiger partial charge in [0.2, 0.25) is 5.91 Å². The number of ether oxygens (including phenoxy) is 1. The normalized spacial score (nSPS) is 10.3. The lowest BCUT2D eigenvalue weighted by Gasteiger charge is -2.03. The van der Waals surface area contributed by atoms with Gasteiger partial charge in [0.15, 0.2) is 16.8 Å². The fourth-order valence-electron chi connectivity index (χ4n) is 1.30. The summed E-state index contributed by atoms with van der Waals surface area (Å²) in [5.41, 5.74) is 1.52. The van der Waals surface area contributed by atoms with Gasteiger partial charge in [-0.3, -0.25) is 4.79 Å². The Bertz CT molecular complexity index is 506. The maximum Gasteiger partial charge on any atom is 0.221 e. The molecule has 0 bridgehead atoms. The molecule has 15 heavy (non-hydrogen) atoms. The number of nitrogens with one attached hydrogen (secondary N) is 1. The van der Waals surface area contributed by atoms with Gasteiger partial charge in [-0.1, -0.05) is 0 Å². The molecular weight excluding hydrogens is 198 g/mol. The van der Waals surface area contributed by atoms with Crippen LogP contribution in [0.4, 0.5) is 5.69 Å². The van der Waals surface area contributed by atoms with E-state index < -0.39 is 0 Å². The van der Waals surface area contributed by atoms with Gasteiger partial charge in [-0.15, -0.1) is 0 Å². The summed E-state index contributed by atoms with van der Waals surface area (Å²) in [5, 5.41) is 10.0. The highest BCUT2D eigenvalue weighted by Gasteiger charge is 2.12. The number of rotatable bonds is 2. The number of methoxy groups -OCH3 is 1. The number of amides is 1. The fraction of sp³-hybridized carbons (Fsp3) is 0.222. The number of fused-ring (bicyclic) bond motifs is 1. The first kappa shape index (κ1) is 9.45. The molecular formula is C9H9N3O3. The van der Waals surface area contributed by atoms with Crippen molar-refractivity contribution in [3.05, 3.63) is 12.1 Å². The van der Waals surface area contributed by atoms with E-state index in [0.717, 1.165) is 0 Å². The van der Waals surface area contributed by atoms with E-state index in [1.54, 1.807) is 12.1 Å². The lowest BCUT2D eigenvalue weighted by molar-refractivity contribution is -0.114. The average molecular weight is 207 g/mol. The molecule has 0 aliphatic heterocycles. The Morgan fingerprint density at radius 3 is 2.80 bits per heavy atom. The second-order valence-electron chi connectivity index (χ2n) is 2.96. The van der Waals surface area contributed by atoms with E-state index in [9.17, 15) is 4.79 Å². The molecule has 2 rings (SSSR count). The first-order chi connectivity index (χ1) is 7.22. The van der Waals surface area contributed by atoms with Crippen molar-refractivity contribution in [1.82, 2.24) is 10.3 Å². The molecule has 0 saturated carbocycles. The number of anilines is 1. The number of hydrogen-bond donors (Lipinski definition) is 1. The van der Waals surface area contributed by atoms with Gasteiger partial charge in [-0.25, -0.2) is 4.63 Å². The Kier molecular flexibility index (Phi) is 2.24. The third-order valence-electron chi connectivity index (χ3n) is 1.91. The summed E-state index contributed by atoms with van der Waals surface area (Å²) in [6, 6.07) is 3.38. The summed E-state index contributed by atoms with van der Waals surface area (Å²) in [4.78, 5) is 10.9. The second-order valence-corrected chi connectivity index (χ2v) is 2.96. The summed E-state index contributed by atoms with van der Waals surface area (Å²) < 4.78 is 9.67. The summed E-state index contributed by atoms with van der Waals surface area (Å²) in [6.07, 6.45) is 0. The summed E-state index contributed by atoms with van der Waals surface area (Å²) >= 11 is 0. The topological polar surface area (TPSA) is 77.2 Å². The average Bonchev–Trinajstić information content (AvgIpc) is 2.66. The summed E-state index contributed by atoms with van der Waals surface area (Å²) in [6.45, 7) is 1.42. The van der Waals surface area contributed by atoms with E-state index in [1.165, 1.54) is 14.0 Å². The Labute approximate surface area is 85.2 Å². The van der Waals surface area contributed by atoms with E-state index in [2.05, 4.69) is 20.3 Å². The zero-order valence-electron chi connectivity index (χ0n) is 8.27.